The fraction of sp³-hybridized carbons (Fsp3) is 0.429. The van der Waals surface area contributed by atoms with Crippen LogP contribution in [0.15, 0.2) is 18.2 Å². The van der Waals surface area contributed by atoms with E-state index in [1.807, 2.05) is 13.0 Å². The molecule has 1 aromatic carbocycles. The highest BCUT2D eigenvalue weighted by atomic mass is 16.5. The van der Waals surface area contributed by atoms with Crippen molar-refractivity contribution in [1.29, 1.82) is 0 Å². The molecule has 0 atom stereocenters. The summed E-state index contributed by atoms with van der Waals surface area (Å²) in [6, 6.07) is 6.29. The van der Waals surface area contributed by atoms with Crippen LogP contribution in [0.1, 0.15) is 31.4 Å². The largest absolute Gasteiger partial charge is 0.497 e. The number of methoxy groups -OCH3 is 1. The highest BCUT2D eigenvalue weighted by Gasteiger charge is 2.01. The van der Waals surface area contributed by atoms with Crippen LogP contribution < -0.4 is 4.74 Å². The first-order valence-corrected chi connectivity index (χ1v) is 5.37. The van der Waals surface area contributed by atoms with Gasteiger partial charge in [0.15, 0.2) is 0 Å². The predicted octanol–water partition coefficient (Wildman–Crippen LogP) is 3.21. The van der Waals surface area contributed by atoms with Gasteiger partial charge >= 0.3 is 0 Å². The Bertz CT molecular complexity index is 369. The molecule has 0 aliphatic heterocycles. The van der Waals surface area contributed by atoms with E-state index in [-0.39, 0.29) is 0 Å². The Hall–Kier alpha value is -1.42. The minimum atomic E-state index is 0.940. The van der Waals surface area contributed by atoms with Crippen molar-refractivity contribution >= 4 is 0 Å². The van der Waals surface area contributed by atoms with Gasteiger partial charge in [0.05, 0.1) is 7.11 Å². The maximum Gasteiger partial charge on any atom is 0.119 e. The second-order valence-corrected chi connectivity index (χ2v) is 3.41. The van der Waals surface area contributed by atoms with Crippen molar-refractivity contribution in [3.05, 3.63) is 29.3 Å². The van der Waals surface area contributed by atoms with Gasteiger partial charge in [-0.25, -0.2) is 0 Å². The molecule has 0 heterocycles. The Morgan fingerprint density at radius 1 is 1.27 bits per heavy atom. The topological polar surface area (TPSA) is 9.23 Å². The van der Waals surface area contributed by atoms with Gasteiger partial charge < -0.3 is 4.74 Å². The molecule has 0 aliphatic rings. The first kappa shape index (κ1) is 11.7. The van der Waals surface area contributed by atoms with E-state index in [2.05, 4.69) is 30.9 Å². The Morgan fingerprint density at radius 2 is 2.07 bits per heavy atom. The average Bonchev–Trinajstić information content (AvgIpc) is 2.29. The zero-order chi connectivity index (χ0) is 11.1. The van der Waals surface area contributed by atoms with E-state index in [1.54, 1.807) is 7.11 Å². The molecule has 1 rings (SSSR count). The maximum absolute atomic E-state index is 5.21. The van der Waals surface area contributed by atoms with Crippen molar-refractivity contribution in [2.45, 2.75) is 33.1 Å². The molecule has 0 aliphatic carbocycles. The summed E-state index contributed by atoms with van der Waals surface area (Å²) in [4.78, 5) is 0. The molecule has 15 heavy (non-hydrogen) atoms. The number of ether oxygens (including phenoxy) is 1. The zero-order valence-electron chi connectivity index (χ0n) is 9.76. The predicted molar refractivity (Wildman–Crippen MR) is 64.1 cm³/mol. The van der Waals surface area contributed by atoms with Crippen LogP contribution in [0, 0.1) is 11.8 Å². The van der Waals surface area contributed by atoms with Crippen molar-refractivity contribution in [3.63, 3.8) is 0 Å². The lowest BCUT2D eigenvalue weighted by molar-refractivity contribution is 0.414. The lowest BCUT2D eigenvalue weighted by atomic mass is 10.0. The summed E-state index contributed by atoms with van der Waals surface area (Å²) in [7, 11) is 1.71. The molecular formula is C14H18O. The van der Waals surface area contributed by atoms with Gasteiger partial charge in [-0.3, -0.25) is 0 Å². The molecule has 80 valence electrons. The molecule has 0 bridgehead atoms. The summed E-state index contributed by atoms with van der Waals surface area (Å²) in [6.07, 6.45) is 3.02. The normalized spacial score (nSPS) is 9.27. The van der Waals surface area contributed by atoms with Crippen molar-refractivity contribution in [2.75, 3.05) is 7.11 Å². The van der Waals surface area contributed by atoms with E-state index < -0.39 is 0 Å². The molecule has 0 fully saturated rings. The van der Waals surface area contributed by atoms with E-state index in [0.29, 0.717) is 0 Å². The van der Waals surface area contributed by atoms with Crippen LogP contribution in [-0.4, -0.2) is 7.11 Å². The highest BCUT2D eigenvalue weighted by molar-refractivity contribution is 5.36. The van der Waals surface area contributed by atoms with Gasteiger partial charge in [-0.05, 0) is 43.0 Å². The first-order valence-electron chi connectivity index (χ1n) is 5.37. The van der Waals surface area contributed by atoms with E-state index in [9.17, 15) is 0 Å². The summed E-state index contributed by atoms with van der Waals surface area (Å²) in [5, 5.41) is 0. The SMILES string of the molecule is CC#CCCc1ccc(OC)cc1CC. The second kappa shape index (κ2) is 6.14. The molecule has 0 amide bonds. The lowest BCUT2D eigenvalue weighted by Crippen LogP contribution is -1.94. The van der Waals surface area contributed by atoms with E-state index in [4.69, 9.17) is 4.74 Å². The lowest BCUT2D eigenvalue weighted by Gasteiger charge is -2.08. The van der Waals surface area contributed by atoms with Crippen LogP contribution in [0.5, 0.6) is 5.75 Å². The molecule has 0 radical (unpaired) electrons. The molecule has 0 spiro atoms. The van der Waals surface area contributed by atoms with Crippen LogP contribution in [0.3, 0.4) is 0 Å². The number of rotatable bonds is 4. The Morgan fingerprint density at radius 3 is 2.67 bits per heavy atom. The Kier molecular flexibility index (Phi) is 4.77. The van der Waals surface area contributed by atoms with Gasteiger partial charge in [-0.15, -0.1) is 11.8 Å². The van der Waals surface area contributed by atoms with E-state index >= 15 is 0 Å². The molecule has 0 saturated carbocycles. The van der Waals surface area contributed by atoms with Crippen LogP contribution in [0.2, 0.25) is 0 Å². The summed E-state index contributed by atoms with van der Waals surface area (Å²) < 4.78 is 5.21. The fourth-order valence-corrected chi connectivity index (χ4v) is 1.62. The molecule has 0 unspecified atom stereocenters. The van der Waals surface area contributed by atoms with Gasteiger partial charge in [0.1, 0.15) is 5.75 Å². The fourth-order valence-electron chi connectivity index (χ4n) is 1.62. The van der Waals surface area contributed by atoms with Gasteiger partial charge in [0.2, 0.25) is 0 Å². The van der Waals surface area contributed by atoms with Crippen molar-refractivity contribution < 1.29 is 4.74 Å². The smallest absolute Gasteiger partial charge is 0.119 e. The van der Waals surface area contributed by atoms with Crippen LogP contribution in [0.25, 0.3) is 0 Å². The first-order chi connectivity index (χ1) is 7.31. The van der Waals surface area contributed by atoms with E-state index in [0.717, 1.165) is 25.0 Å². The summed E-state index contributed by atoms with van der Waals surface area (Å²) in [5.74, 6) is 6.96. The minimum absolute atomic E-state index is 0.940. The number of benzene rings is 1. The zero-order valence-corrected chi connectivity index (χ0v) is 9.76. The Labute approximate surface area is 92.5 Å². The number of hydrogen-bond acceptors (Lipinski definition) is 1. The average molecular weight is 202 g/mol. The monoisotopic (exact) mass is 202 g/mol. The van der Waals surface area contributed by atoms with Gasteiger partial charge in [0, 0.05) is 6.42 Å². The van der Waals surface area contributed by atoms with Gasteiger partial charge in [-0.1, -0.05) is 13.0 Å². The molecule has 0 aromatic heterocycles. The number of aryl methyl sites for hydroxylation is 2. The van der Waals surface area contributed by atoms with Crippen molar-refractivity contribution in [1.82, 2.24) is 0 Å². The third kappa shape index (κ3) is 3.32. The van der Waals surface area contributed by atoms with Crippen LogP contribution >= 0.6 is 0 Å². The third-order valence-corrected chi connectivity index (χ3v) is 2.49. The molecule has 0 saturated heterocycles. The van der Waals surface area contributed by atoms with E-state index in [1.165, 1.54) is 11.1 Å². The molecule has 1 aromatic rings. The van der Waals surface area contributed by atoms with Crippen molar-refractivity contribution in [3.8, 4) is 17.6 Å². The summed E-state index contributed by atoms with van der Waals surface area (Å²) >= 11 is 0. The standard InChI is InChI=1S/C14H18O/c1-4-6-7-8-13-9-10-14(15-3)11-12(13)5-2/h9-11H,5,7-8H2,1-3H3. The highest BCUT2D eigenvalue weighted by Crippen LogP contribution is 2.19. The molecule has 0 N–H and O–H groups in total. The maximum atomic E-state index is 5.21. The Balaban J connectivity index is 2.81. The van der Waals surface area contributed by atoms with Crippen LogP contribution in [-0.2, 0) is 12.8 Å². The summed E-state index contributed by atoms with van der Waals surface area (Å²) in [5.41, 5.74) is 2.76. The molecule has 1 heteroatoms. The quantitative estimate of drug-likeness (QED) is 0.681. The number of hydrogen-bond donors (Lipinski definition) is 0. The second-order valence-electron chi connectivity index (χ2n) is 3.41. The van der Waals surface area contributed by atoms with Gasteiger partial charge in [-0.2, -0.15) is 0 Å². The third-order valence-electron chi connectivity index (χ3n) is 2.49. The minimum Gasteiger partial charge on any atom is -0.497 e. The summed E-state index contributed by atoms with van der Waals surface area (Å²) in [6.45, 7) is 4.05. The van der Waals surface area contributed by atoms with Gasteiger partial charge in [0.25, 0.3) is 0 Å². The molecule has 1 nitrogen and oxygen atoms in total. The van der Waals surface area contributed by atoms with Crippen molar-refractivity contribution in [2.24, 2.45) is 0 Å². The van der Waals surface area contributed by atoms with Crippen LogP contribution in [0.4, 0.5) is 0 Å². The molecular weight excluding hydrogens is 184 g/mol.